The number of carbonyl (C=O) groups is 3. The molecule has 1 N–H and O–H groups in total. The van der Waals surface area contributed by atoms with Crippen LogP contribution in [0.4, 0.5) is 5.69 Å². The third kappa shape index (κ3) is 3.55. The van der Waals surface area contributed by atoms with Crippen LogP contribution < -0.4 is 5.32 Å². The summed E-state index contributed by atoms with van der Waals surface area (Å²) < 4.78 is 0.898. The first-order valence-electron chi connectivity index (χ1n) is 8.42. The lowest BCUT2D eigenvalue weighted by atomic mass is 10.0. The second-order valence-corrected chi connectivity index (χ2v) is 7.58. The maximum Gasteiger partial charge on any atom is 0.262 e. The Bertz CT molecular complexity index is 827. The normalized spacial score (nSPS) is 14.5. The van der Waals surface area contributed by atoms with Crippen LogP contribution in [0.5, 0.6) is 0 Å². The molecule has 6 heteroatoms. The molecule has 0 unspecified atom stereocenters. The zero-order valence-corrected chi connectivity index (χ0v) is 16.1. The van der Waals surface area contributed by atoms with Crippen LogP contribution in [0.3, 0.4) is 0 Å². The summed E-state index contributed by atoms with van der Waals surface area (Å²) >= 11 is 3.35. The molecule has 1 heterocycles. The zero-order valence-electron chi connectivity index (χ0n) is 14.5. The lowest BCUT2D eigenvalue weighted by Crippen LogP contribution is -2.47. The van der Waals surface area contributed by atoms with Crippen molar-refractivity contribution < 1.29 is 14.4 Å². The van der Waals surface area contributed by atoms with E-state index in [-0.39, 0.29) is 11.8 Å². The lowest BCUT2D eigenvalue weighted by Gasteiger charge is -2.26. The molecule has 26 heavy (non-hydrogen) atoms. The number of carbonyl (C=O) groups excluding carboxylic acids is 3. The first-order chi connectivity index (χ1) is 12.4. The minimum absolute atomic E-state index is 0.139. The molecule has 1 aliphatic heterocycles. The number of amides is 3. The van der Waals surface area contributed by atoms with Crippen molar-refractivity contribution in [2.75, 3.05) is 5.32 Å². The molecule has 134 valence electrons. The van der Waals surface area contributed by atoms with E-state index in [1.165, 1.54) is 0 Å². The Morgan fingerprint density at radius 2 is 1.54 bits per heavy atom. The van der Waals surface area contributed by atoms with Gasteiger partial charge in [-0.05, 0) is 48.7 Å². The summed E-state index contributed by atoms with van der Waals surface area (Å²) in [6, 6.07) is 13.0. The van der Waals surface area contributed by atoms with Crippen LogP contribution in [0.1, 0.15) is 41.0 Å². The summed E-state index contributed by atoms with van der Waals surface area (Å²) in [6.45, 7) is 3.91. The smallest absolute Gasteiger partial charge is 0.262 e. The van der Waals surface area contributed by atoms with Crippen molar-refractivity contribution in [3.63, 3.8) is 0 Å². The van der Waals surface area contributed by atoms with E-state index in [9.17, 15) is 14.4 Å². The fourth-order valence-electron chi connectivity index (χ4n) is 3.03. The molecule has 0 spiro atoms. The van der Waals surface area contributed by atoms with Crippen molar-refractivity contribution in [2.45, 2.75) is 26.3 Å². The fourth-order valence-corrected chi connectivity index (χ4v) is 3.29. The second-order valence-electron chi connectivity index (χ2n) is 6.67. The number of nitrogens with zero attached hydrogens (tertiary/aromatic N) is 1. The van der Waals surface area contributed by atoms with E-state index in [1.807, 2.05) is 26.0 Å². The van der Waals surface area contributed by atoms with Gasteiger partial charge in [-0.25, -0.2) is 0 Å². The first-order valence-corrected chi connectivity index (χ1v) is 9.21. The molecule has 0 aromatic heterocycles. The van der Waals surface area contributed by atoms with E-state index in [0.717, 1.165) is 9.37 Å². The average Bonchev–Trinajstić information content (AvgIpc) is 2.86. The van der Waals surface area contributed by atoms with Crippen LogP contribution in [-0.2, 0) is 4.79 Å². The molecule has 1 aliphatic rings. The Morgan fingerprint density at radius 1 is 1.00 bits per heavy atom. The second kappa shape index (κ2) is 7.41. The van der Waals surface area contributed by atoms with Crippen LogP contribution in [0.15, 0.2) is 53.0 Å². The number of imide groups is 1. The van der Waals surface area contributed by atoms with Crippen molar-refractivity contribution in [1.82, 2.24) is 4.90 Å². The number of benzene rings is 2. The quantitative estimate of drug-likeness (QED) is 0.748. The minimum Gasteiger partial charge on any atom is -0.324 e. The molecule has 0 saturated carbocycles. The van der Waals surface area contributed by atoms with Crippen LogP contribution in [0.2, 0.25) is 0 Å². The monoisotopic (exact) mass is 414 g/mol. The van der Waals surface area contributed by atoms with Crippen LogP contribution in [0, 0.1) is 5.92 Å². The highest BCUT2D eigenvalue weighted by Crippen LogP contribution is 2.27. The van der Waals surface area contributed by atoms with Crippen LogP contribution in [0.25, 0.3) is 0 Å². The van der Waals surface area contributed by atoms with Crippen LogP contribution in [-0.4, -0.2) is 28.7 Å². The van der Waals surface area contributed by atoms with Gasteiger partial charge in [-0.3, -0.25) is 19.3 Å². The first kappa shape index (κ1) is 18.3. The number of nitrogens with one attached hydrogen (secondary N) is 1. The highest BCUT2D eigenvalue weighted by molar-refractivity contribution is 9.10. The largest absolute Gasteiger partial charge is 0.324 e. The molecule has 0 fully saturated rings. The van der Waals surface area contributed by atoms with Gasteiger partial charge < -0.3 is 5.32 Å². The highest BCUT2D eigenvalue weighted by Gasteiger charge is 2.42. The van der Waals surface area contributed by atoms with E-state index < -0.39 is 17.9 Å². The average molecular weight is 415 g/mol. The van der Waals surface area contributed by atoms with Gasteiger partial charge in [0.25, 0.3) is 11.8 Å². The van der Waals surface area contributed by atoms with Gasteiger partial charge in [0.15, 0.2) is 0 Å². The number of anilines is 1. The molecule has 5 nitrogen and oxygen atoms in total. The molecule has 0 saturated heterocycles. The molecular formula is C20H19BrN2O3. The molecule has 0 bridgehead atoms. The topological polar surface area (TPSA) is 66.5 Å². The molecule has 1 atom stereocenters. The third-order valence-corrected chi connectivity index (χ3v) is 4.77. The number of halogens is 1. The molecule has 2 aromatic carbocycles. The van der Waals surface area contributed by atoms with Gasteiger partial charge in [0.1, 0.15) is 6.04 Å². The van der Waals surface area contributed by atoms with E-state index in [2.05, 4.69) is 21.2 Å². The van der Waals surface area contributed by atoms with Crippen molar-refractivity contribution in [1.29, 1.82) is 0 Å². The Morgan fingerprint density at radius 3 is 2.04 bits per heavy atom. The Hall–Kier alpha value is -2.47. The standard InChI is InChI=1S/C20H19BrN2O3/c1-12(2)11-17(18(24)22-14-9-7-13(21)8-10-14)23-19(25)15-5-3-4-6-16(15)20(23)26/h3-10,12,17H,11H2,1-2H3,(H,22,24)/t17-/m0/s1. The van der Waals surface area contributed by atoms with Gasteiger partial charge in [0.2, 0.25) is 5.91 Å². The van der Waals surface area contributed by atoms with Crippen LogP contribution >= 0.6 is 15.9 Å². The Labute approximate surface area is 160 Å². The maximum atomic E-state index is 12.9. The predicted molar refractivity (Wildman–Crippen MR) is 103 cm³/mol. The third-order valence-electron chi connectivity index (χ3n) is 4.25. The molecule has 3 rings (SSSR count). The number of hydrogen-bond acceptors (Lipinski definition) is 3. The summed E-state index contributed by atoms with van der Waals surface area (Å²) in [6.07, 6.45) is 0.397. The summed E-state index contributed by atoms with van der Waals surface area (Å²) in [5.41, 5.74) is 1.31. The SMILES string of the molecule is CC(C)C[C@@H](C(=O)Nc1ccc(Br)cc1)N1C(=O)c2ccccc2C1=O. The number of hydrogen-bond donors (Lipinski definition) is 1. The van der Waals surface area contributed by atoms with Crippen molar-refractivity contribution in [3.8, 4) is 0 Å². The summed E-state index contributed by atoms with van der Waals surface area (Å²) in [5.74, 6) is -1.06. The van der Waals surface area contributed by atoms with Crippen molar-refractivity contribution >= 4 is 39.3 Å². The van der Waals surface area contributed by atoms with Gasteiger partial charge >= 0.3 is 0 Å². The van der Waals surface area contributed by atoms with Gasteiger partial charge in [-0.1, -0.05) is 41.9 Å². The molecule has 2 aromatic rings. The highest BCUT2D eigenvalue weighted by atomic mass is 79.9. The molecule has 0 aliphatic carbocycles. The molecular weight excluding hydrogens is 396 g/mol. The van der Waals surface area contributed by atoms with Crippen molar-refractivity contribution in [2.24, 2.45) is 5.92 Å². The summed E-state index contributed by atoms with van der Waals surface area (Å²) in [7, 11) is 0. The van der Waals surface area contributed by atoms with E-state index in [1.54, 1.807) is 36.4 Å². The lowest BCUT2D eigenvalue weighted by molar-refractivity contribution is -0.120. The molecule has 3 amide bonds. The van der Waals surface area contributed by atoms with Gasteiger partial charge in [0.05, 0.1) is 11.1 Å². The van der Waals surface area contributed by atoms with Gasteiger partial charge in [0, 0.05) is 10.2 Å². The van der Waals surface area contributed by atoms with Gasteiger partial charge in [-0.15, -0.1) is 0 Å². The Kier molecular flexibility index (Phi) is 5.23. The van der Waals surface area contributed by atoms with E-state index >= 15 is 0 Å². The summed E-state index contributed by atoms with van der Waals surface area (Å²) in [4.78, 5) is 39.5. The number of rotatable bonds is 5. The fraction of sp³-hybridized carbons (Fsp3) is 0.250. The maximum absolute atomic E-state index is 12.9. The Balaban J connectivity index is 1.89. The molecule has 0 radical (unpaired) electrons. The van der Waals surface area contributed by atoms with Crippen molar-refractivity contribution in [3.05, 3.63) is 64.1 Å². The predicted octanol–water partition coefficient (Wildman–Crippen LogP) is 4.10. The zero-order chi connectivity index (χ0) is 18.8. The summed E-state index contributed by atoms with van der Waals surface area (Å²) in [5, 5.41) is 2.81. The minimum atomic E-state index is -0.856. The van der Waals surface area contributed by atoms with Gasteiger partial charge in [-0.2, -0.15) is 0 Å². The number of fused-ring (bicyclic) bond motifs is 1. The van der Waals surface area contributed by atoms with E-state index in [4.69, 9.17) is 0 Å². The van der Waals surface area contributed by atoms with E-state index in [0.29, 0.717) is 23.2 Å².